The Morgan fingerprint density at radius 1 is 1.18 bits per heavy atom. The lowest BCUT2D eigenvalue weighted by molar-refractivity contribution is 0.0329. The van der Waals surface area contributed by atoms with Crippen molar-refractivity contribution in [3.63, 3.8) is 0 Å². The molecule has 3 N–H and O–H groups in total. The molecule has 0 bridgehead atoms. The molecule has 2 heterocycles. The third kappa shape index (κ3) is 6.47. The van der Waals surface area contributed by atoms with Crippen LogP contribution in [0, 0.1) is 12.7 Å². The van der Waals surface area contributed by atoms with Crippen molar-refractivity contribution in [2.45, 2.75) is 13.8 Å². The van der Waals surface area contributed by atoms with Crippen molar-refractivity contribution in [2.75, 3.05) is 69.0 Å². The number of carbonyl (C=O) groups excluding carboxylic acids is 2. The summed E-state index contributed by atoms with van der Waals surface area (Å²) in [6.07, 6.45) is 1.44. The Kier molecular flexibility index (Phi) is 9.00. The average molecular weight is 560 g/mol. The van der Waals surface area contributed by atoms with Crippen LogP contribution in [-0.4, -0.2) is 84.8 Å². The van der Waals surface area contributed by atoms with Gasteiger partial charge >= 0.3 is 5.97 Å². The topological polar surface area (TPSA) is 128 Å². The highest BCUT2D eigenvalue weighted by Crippen LogP contribution is 2.32. The zero-order chi connectivity index (χ0) is 28.1. The number of likely N-dealkylation sites (N-methyl/N-ethyl adjacent to an activating group) is 1. The summed E-state index contributed by atoms with van der Waals surface area (Å²) < 4.78 is 25.9. The maximum absolute atomic E-state index is 14.2. The maximum atomic E-state index is 14.2. The van der Waals surface area contributed by atoms with Gasteiger partial charge in [0.05, 0.1) is 46.1 Å². The number of piperazine rings is 1. The van der Waals surface area contributed by atoms with Crippen molar-refractivity contribution < 1.29 is 23.5 Å². The largest absolute Gasteiger partial charge is 0.458 e. The van der Waals surface area contributed by atoms with E-state index in [4.69, 9.17) is 26.8 Å². The number of carbonyl (C=O) groups is 2. The van der Waals surface area contributed by atoms with Gasteiger partial charge in [-0.25, -0.2) is 13.9 Å². The molecule has 0 spiro atoms. The molecule has 1 aliphatic heterocycles. The summed E-state index contributed by atoms with van der Waals surface area (Å²) in [5.41, 5.74) is 7.60. The number of aromatic nitrogens is 3. The molecule has 1 aliphatic rings. The lowest BCUT2D eigenvalue weighted by Crippen LogP contribution is -2.44. The molecule has 4 rings (SSSR count). The number of esters is 1. The van der Waals surface area contributed by atoms with Gasteiger partial charge in [-0.15, -0.1) is 5.10 Å². The molecule has 2 aromatic carbocycles. The third-order valence-corrected chi connectivity index (χ3v) is 6.88. The first-order valence-corrected chi connectivity index (χ1v) is 12.9. The quantitative estimate of drug-likeness (QED) is 0.231. The summed E-state index contributed by atoms with van der Waals surface area (Å²) in [6.45, 7) is 7.44. The zero-order valence-corrected chi connectivity index (χ0v) is 22.8. The normalized spacial score (nSPS) is 13.9. The minimum Gasteiger partial charge on any atom is -0.458 e. The SMILES string of the molecule is CCOCCOC(=O)c1cn(-c2ccc(N3CCN(C)CC3)c(NC(=O)c3cc(N)c(F)c(C)c3Cl)c2)nn1. The molecule has 3 aromatic rings. The van der Waals surface area contributed by atoms with Gasteiger partial charge in [-0.2, -0.15) is 0 Å². The van der Waals surface area contributed by atoms with Crippen molar-refractivity contribution in [2.24, 2.45) is 0 Å². The predicted molar refractivity (Wildman–Crippen MR) is 146 cm³/mol. The number of rotatable bonds is 9. The Labute approximate surface area is 230 Å². The van der Waals surface area contributed by atoms with Crippen LogP contribution in [0.15, 0.2) is 30.5 Å². The van der Waals surface area contributed by atoms with E-state index in [1.54, 1.807) is 6.07 Å². The van der Waals surface area contributed by atoms with Gasteiger partial charge < -0.3 is 30.3 Å². The lowest BCUT2D eigenvalue weighted by atomic mass is 10.1. The van der Waals surface area contributed by atoms with Gasteiger partial charge in [-0.3, -0.25) is 4.79 Å². The number of hydrogen-bond acceptors (Lipinski definition) is 9. The van der Waals surface area contributed by atoms with E-state index in [1.807, 2.05) is 19.1 Å². The molecule has 13 heteroatoms. The Balaban J connectivity index is 1.63. The van der Waals surface area contributed by atoms with Crippen LogP contribution in [0.2, 0.25) is 5.02 Å². The smallest absolute Gasteiger partial charge is 0.360 e. The van der Waals surface area contributed by atoms with Gasteiger partial charge in [0.2, 0.25) is 0 Å². The second kappa shape index (κ2) is 12.4. The van der Waals surface area contributed by atoms with Gasteiger partial charge in [-0.05, 0) is 45.2 Å². The van der Waals surface area contributed by atoms with E-state index >= 15 is 0 Å². The molecule has 1 fully saturated rings. The Morgan fingerprint density at radius 3 is 2.64 bits per heavy atom. The van der Waals surface area contributed by atoms with Crippen molar-refractivity contribution in [3.05, 3.63) is 58.1 Å². The van der Waals surface area contributed by atoms with Crippen LogP contribution in [0.1, 0.15) is 33.3 Å². The fraction of sp³-hybridized carbons (Fsp3) is 0.385. The molecule has 1 amide bonds. The van der Waals surface area contributed by atoms with Crippen LogP contribution in [0.25, 0.3) is 5.69 Å². The molecule has 1 saturated heterocycles. The number of hydrogen-bond donors (Lipinski definition) is 2. The molecule has 0 aliphatic carbocycles. The summed E-state index contributed by atoms with van der Waals surface area (Å²) in [4.78, 5) is 30.0. The van der Waals surface area contributed by atoms with E-state index in [-0.39, 0.29) is 40.7 Å². The first-order chi connectivity index (χ1) is 18.7. The summed E-state index contributed by atoms with van der Waals surface area (Å²) in [7, 11) is 2.05. The Hall–Kier alpha value is -3.74. The van der Waals surface area contributed by atoms with Crippen LogP contribution >= 0.6 is 11.6 Å². The number of nitrogen functional groups attached to an aromatic ring is 1. The monoisotopic (exact) mass is 559 g/mol. The van der Waals surface area contributed by atoms with E-state index in [2.05, 4.69) is 32.5 Å². The molecular formula is C26H31ClFN7O4. The minimum atomic E-state index is -0.657. The van der Waals surface area contributed by atoms with E-state index in [9.17, 15) is 14.0 Å². The molecule has 0 saturated carbocycles. The van der Waals surface area contributed by atoms with Crippen molar-refractivity contribution in [1.82, 2.24) is 19.9 Å². The number of ether oxygens (including phenoxy) is 2. The van der Waals surface area contributed by atoms with E-state index < -0.39 is 17.7 Å². The van der Waals surface area contributed by atoms with E-state index in [0.717, 1.165) is 31.9 Å². The highest BCUT2D eigenvalue weighted by Gasteiger charge is 2.22. The van der Waals surface area contributed by atoms with Crippen LogP contribution in [0.3, 0.4) is 0 Å². The van der Waals surface area contributed by atoms with Crippen molar-refractivity contribution in [3.8, 4) is 5.69 Å². The van der Waals surface area contributed by atoms with Crippen LogP contribution in [0.4, 0.5) is 21.5 Å². The second-order valence-corrected chi connectivity index (χ2v) is 9.47. The first kappa shape index (κ1) is 28.3. The van der Waals surface area contributed by atoms with Gasteiger partial charge in [0.15, 0.2) is 11.5 Å². The molecule has 39 heavy (non-hydrogen) atoms. The van der Waals surface area contributed by atoms with E-state index in [1.165, 1.54) is 23.9 Å². The Bertz CT molecular complexity index is 1360. The van der Waals surface area contributed by atoms with Gasteiger partial charge in [-0.1, -0.05) is 16.8 Å². The van der Waals surface area contributed by atoms with Crippen molar-refractivity contribution in [1.29, 1.82) is 0 Å². The number of halogens is 2. The molecule has 11 nitrogen and oxygen atoms in total. The number of nitrogens with zero attached hydrogens (tertiary/aromatic N) is 5. The summed E-state index contributed by atoms with van der Waals surface area (Å²) >= 11 is 6.30. The lowest BCUT2D eigenvalue weighted by Gasteiger charge is -2.35. The van der Waals surface area contributed by atoms with Crippen molar-refractivity contribution >= 4 is 40.5 Å². The molecule has 0 radical (unpaired) electrons. The predicted octanol–water partition coefficient (Wildman–Crippen LogP) is 3.15. The fourth-order valence-electron chi connectivity index (χ4n) is 4.14. The molecule has 1 aromatic heterocycles. The van der Waals surface area contributed by atoms with Crippen LogP contribution in [-0.2, 0) is 9.47 Å². The first-order valence-electron chi connectivity index (χ1n) is 12.5. The molecule has 208 valence electrons. The minimum absolute atomic E-state index is 0.0136. The summed E-state index contributed by atoms with van der Waals surface area (Å²) in [5.74, 6) is -1.82. The molecule has 0 atom stereocenters. The fourth-order valence-corrected chi connectivity index (χ4v) is 4.36. The highest BCUT2D eigenvalue weighted by atomic mass is 35.5. The van der Waals surface area contributed by atoms with E-state index in [0.29, 0.717) is 18.0 Å². The average Bonchev–Trinajstić information content (AvgIpc) is 3.43. The number of nitrogens with one attached hydrogen (secondary N) is 1. The number of benzene rings is 2. The van der Waals surface area contributed by atoms with Crippen LogP contribution in [0.5, 0.6) is 0 Å². The van der Waals surface area contributed by atoms with Gasteiger partial charge in [0.1, 0.15) is 6.61 Å². The second-order valence-electron chi connectivity index (χ2n) is 9.09. The number of amides is 1. The van der Waals surface area contributed by atoms with Gasteiger partial charge in [0.25, 0.3) is 5.91 Å². The summed E-state index contributed by atoms with van der Waals surface area (Å²) in [6, 6.07) is 6.62. The third-order valence-electron chi connectivity index (χ3n) is 6.40. The molecule has 0 unspecified atom stereocenters. The van der Waals surface area contributed by atoms with Gasteiger partial charge in [0, 0.05) is 38.3 Å². The summed E-state index contributed by atoms with van der Waals surface area (Å²) in [5, 5.41) is 10.9. The zero-order valence-electron chi connectivity index (χ0n) is 22.0. The Morgan fingerprint density at radius 2 is 1.92 bits per heavy atom. The highest BCUT2D eigenvalue weighted by molar-refractivity contribution is 6.35. The number of anilines is 3. The standard InChI is InChI=1S/C26H31ClFN7O4/c1-4-38-11-12-39-26(37)21-15-35(32-31-21)17-5-6-22(34-9-7-33(3)8-10-34)20(13-17)30-25(36)18-14-19(29)24(28)16(2)23(18)27/h5-6,13-15H,4,7-12,29H2,1-3H3,(H,30,36). The maximum Gasteiger partial charge on any atom is 0.360 e. The number of nitrogens with two attached hydrogens (primary N) is 1. The van der Waals surface area contributed by atoms with Crippen LogP contribution < -0.4 is 16.0 Å². The molecular weight excluding hydrogens is 529 g/mol.